The van der Waals surface area contributed by atoms with E-state index in [-0.39, 0.29) is 17.1 Å². The number of thiophene rings is 1. The molecule has 0 saturated heterocycles. The number of fused-ring (bicyclic) bond motifs is 1. The van der Waals surface area contributed by atoms with Crippen LogP contribution < -0.4 is 10.4 Å². The van der Waals surface area contributed by atoms with Crippen molar-refractivity contribution in [3.63, 3.8) is 0 Å². The summed E-state index contributed by atoms with van der Waals surface area (Å²) in [6.07, 6.45) is 0. The molecule has 21 heavy (non-hydrogen) atoms. The van der Waals surface area contributed by atoms with Gasteiger partial charge in [0.2, 0.25) is 10.0 Å². The molecule has 3 N–H and O–H groups in total. The van der Waals surface area contributed by atoms with Crippen molar-refractivity contribution in [2.75, 3.05) is 0 Å². The first-order chi connectivity index (χ1) is 9.94. The lowest BCUT2D eigenvalue weighted by Gasteiger charge is -2.05. The zero-order chi connectivity index (χ0) is 15.0. The summed E-state index contributed by atoms with van der Waals surface area (Å²) in [5.74, 6) is 0. The standard InChI is InChI=1S/C12H10ClN3O3S2/c13-11-4-1-7(20-11)6-14-21(18,19)8-2-3-9-10(5-8)16-12(17)15-9/h1-5,14H,6H2,(H2,15,16,17). The summed E-state index contributed by atoms with van der Waals surface area (Å²) in [7, 11) is -3.65. The number of hydrogen-bond donors (Lipinski definition) is 3. The fourth-order valence-electron chi connectivity index (χ4n) is 1.88. The fourth-order valence-corrected chi connectivity index (χ4v) is 4.03. The highest BCUT2D eigenvalue weighted by atomic mass is 35.5. The van der Waals surface area contributed by atoms with Crippen LogP contribution >= 0.6 is 22.9 Å². The van der Waals surface area contributed by atoms with Crippen LogP contribution in [0, 0.1) is 0 Å². The Labute approximate surface area is 128 Å². The second-order valence-corrected chi connectivity index (χ2v) is 7.88. The molecule has 0 aliphatic rings. The molecule has 0 saturated carbocycles. The summed E-state index contributed by atoms with van der Waals surface area (Å²) in [5, 5.41) is 0. The van der Waals surface area contributed by atoms with E-state index in [4.69, 9.17) is 11.6 Å². The van der Waals surface area contributed by atoms with E-state index in [0.29, 0.717) is 15.4 Å². The number of benzene rings is 1. The monoisotopic (exact) mass is 343 g/mol. The van der Waals surface area contributed by atoms with Crippen LogP contribution in [0.2, 0.25) is 4.34 Å². The van der Waals surface area contributed by atoms with E-state index in [0.717, 1.165) is 4.88 Å². The Morgan fingerprint density at radius 2 is 1.90 bits per heavy atom. The lowest BCUT2D eigenvalue weighted by Crippen LogP contribution is -2.22. The van der Waals surface area contributed by atoms with Crippen molar-refractivity contribution in [1.29, 1.82) is 0 Å². The van der Waals surface area contributed by atoms with Crippen molar-refractivity contribution in [3.05, 3.63) is 50.0 Å². The van der Waals surface area contributed by atoms with Crippen LogP contribution in [-0.2, 0) is 16.6 Å². The minimum absolute atomic E-state index is 0.0907. The molecular formula is C12H10ClN3O3S2. The number of H-pyrrole nitrogens is 2. The molecule has 0 spiro atoms. The minimum atomic E-state index is -3.65. The number of imidazole rings is 1. The molecule has 6 nitrogen and oxygen atoms in total. The molecule has 0 atom stereocenters. The number of rotatable bonds is 4. The van der Waals surface area contributed by atoms with Crippen LogP contribution in [0.5, 0.6) is 0 Å². The Morgan fingerprint density at radius 3 is 2.62 bits per heavy atom. The van der Waals surface area contributed by atoms with E-state index in [1.165, 1.54) is 23.5 Å². The first kappa shape index (κ1) is 14.3. The molecule has 0 bridgehead atoms. The summed E-state index contributed by atoms with van der Waals surface area (Å²) in [4.78, 5) is 17.2. The highest BCUT2D eigenvalue weighted by molar-refractivity contribution is 7.89. The molecule has 110 valence electrons. The van der Waals surface area contributed by atoms with Gasteiger partial charge in [-0.1, -0.05) is 11.6 Å². The van der Waals surface area contributed by atoms with Crippen molar-refractivity contribution in [1.82, 2.24) is 14.7 Å². The Bertz CT molecular complexity index is 955. The number of hydrogen-bond acceptors (Lipinski definition) is 4. The number of aromatic amines is 2. The summed E-state index contributed by atoms with van der Waals surface area (Å²) in [6, 6.07) is 7.88. The van der Waals surface area contributed by atoms with Crippen molar-refractivity contribution in [2.24, 2.45) is 0 Å². The quantitative estimate of drug-likeness (QED) is 0.676. The summed E-state index contributed by atoms with van der Waals surface area (Å²) in [5.41, 5.74) is 0.631. The van der Waals surface area contributed by atoms with Gasteiger partial charge in [0.05, 0.1) is 20.3 Å². The molecule has 0 aliphatic carbocycles. The van der Waals surface area contributed by atoms with Gasteiger partial charge in [-0.3, -0.25) is 0 Å². The smallest absolute Gasteiger partial charge is 0.306 e. The van der Waals surface area contributed by atoms with Gasteiger partial charge in [-0.25, -0.2) is 17.9 Å². The molecule has 0 aliphatic heterocycles. The van der Waals surface area contributed by atoms with Gasteiger partial charge in [-0.15, -0.1) is 11.3 Å². The summed E-state index contributed by atoms with van der Waals surface area (Å²) < 4.78 is 27.5. The maximum absolute atomic E-state index is 12.2. The molecule has 0 fully saturated rings. The van der Waals surface area contributed by atoms with Crippen LogP contribution in [0.4, 0.5) is 0 Å². The van der Waals surface area contributed by atoms with Crippen LogP contribution in [-0.4, -0.2) is 18.4 Å². The zero-order valence-electron chi connectivity index (χ0n) is 10.5. The molecule has 0 radical (unpaired) electrons. The van der Waals surface area contributed by atoms with Gasteiger partial charge < -0.3 is 9.97 Å². The van der Waals surface area contributed by atoms with Gasteiger partial charge in [0, 0.05) is 11.4 Å². The Morgan fingerprint density at radius 1 is 1.14 bits per heavy atom. The third-order valence-electron chi connectivity index (χ3n) is 2.86. The number of nitrogens with one attached hydrogen (secondary N) is 3. The highest BCUT2D eigenvalue weighted by Crippen LogP contribution is 2.22. The van der Waals surface area contributed by atoms with E-state index < -0.39 is 10.0 Å². The van der Waals surface area contributed by atoms with E-state index in [1.54, 1.807) is 18.2 Å². The summed E-state index contributed by atoms with van der Waals surface area (Å²) in [6.45, 7) is 0.168. The van der Waals surface area contributed by atoms with Crippen LogP contribution in [0.1, 0.15) is 4.88 Å². The Hall–Kier alpha value is -1.61. The molecule has 9 heteroatoms. The second kappa shape index (κ2) is 5.30. The van der Waals surface area contributed by atoms with Gasteiger partial charge in [0.1, 0.15) is 0 Å². The number of sulfonamides is 1. The van der Waals surface area contributed by atoms with Gasteiger partial charge in [0.15, 0.2) is 0 Å². The average molecular weight is 344 g/mol. The SMILES string of the molecule is O=c1[nH]c2ccc(S(=O)(=O)NCc3ccc(Cl)s3)cc2[nH]1. The largest absolute Gasteiger partial charge is 0.323 e. The zero-order valence-corrected chi connectivity index (χ0v) is 12.9. The third-order valence-corrected chi connectivity index (χ3v) is 5.49. The van der Waals surface area contributed by atoms with E-state index in [2.05, 4.69) is 14.7 Å². The first-order valence-corrected chi connectivity index (χ1v) is 8.58. The molecule has 0 unspecified atom stereocenters. The molecule has 1 aromatic carbocycles. The first-order valence-electron chi connectivity index (χ1n) is 5.90. The van der Waals surface area contributed by atoms with Crippen LogP contribution in [0.15, 0.2) is 40.0 Å². The predicted molar refractivity (Wildman–Crippen MR) is 82.3 cm³/mol. The molecule has 3 aromatic rings. The van der Waals surface area contributed by atoms with Crippen molar-refractivity contribution >= 4 is 44.0 Å². The van der Waals surface area contributed by atoms with Crippen molar-refractivity contribution < 1.29 is 8.42 Å². The number of aromatic nitrogens is 2. The minimum Gasteiger partial charge on any atom is -0.306 e. The van der Waals surface area contributed by atoms with Gasteiger partial charge in [-0.05, 0) is 30.3 Å². The van der Waals surface area contributed by atoms with Gasteiger partial charge in [0.25, 0.3) is 0 Å². The normalized spacial score (nSPS) is 12.0. The predicted octanol–water partition coefficient (Wildman–Crippen LogP) is 2.05. The lowest BCUT2D eigenvalue weighted by atomic mass is 10.3. The third kappa shape index (κ3) is 3.03. The fraction of sp³-hybridized carbons (Fsp3) is 0.0833. The van der Waals surface area contributed by atoms with Crippen LogP contribution in [0.25, 0.3) is 11.0 Å². The highest BCUT2D eigenvalue weighted by Gasteiger charge is 2.15. The van der Waals surface area contributed by atoms with E-state index >= 15 is 0 Å². The molecular weight excluding hydrogens is 334 g/mol. The van der Waals surface area contributed by atoms with Gasteiger partial charge >= 0.3 is 5.69 Å². The topological polar surface area (TPSA) is 94.8 Å². The molecule has 2 heterocycles. The van der Waals surface area contributed by atoms with E-state index in [1.807, 2.05) is 0 Å². The second-order valence-electron chi connectivity index (χ2n) is 4.32. The molecule has 2 aromatic heterocycles. The van der Waals surface area contributed by atoms with Crippen molar-refractivity contribution in [2.45, 2.75) is 11.4 Å². The maximum Gasteiger partial charge on any atom is 0.323 e. The van der Waals surface area contributed by atoms with Crippen LogP contribution in [0.3, 0.4) is 0 Å². The Kier molecular flexibility index (Phi) is 3.62. The lowest BCUT2D eigenvalue weighted by molar-refractivity contribution is 0.582. The maximum atomic E-state index is 12.2. The Balaban J connectivity index is 1.86. The molecule has 3 rings (SSSR count). The van der Waals surface area contributed by atoms with Crippen molar-refractivity contribution in [3.8, 4) is 0 Å². The number of halogens is 1. The van der Waals surface area contributed by atoms with E-state index in [9.17, 15) is 13.2 Å². The molecule has 0 amide bonds. The van der Waals surface area contributed by atoms with Gasteiger partial charge in [-0.2, -0.15) is 0 Å². The summed E-state index contributed by atoms with van der Waals surface area (Å²) >= 11 is 7.11. The average Bonchev–Trinajstić information content (AvgIpc) is 3.00.